The van der Waals surface area contributed by atoms with Gasteiger partial charge in [-0.3, -0.25) is 4.90 Å². The highest BCUT2D eigenvalue weighted by atomic mass is 79.9. The van der Waals surface area contributed by atoms with Crippen molar-refractivity contribution in [2.75, 3.05) is 19.6 Å². The minimum Gasteiger partial charge on any atom is -0.329 e. The summed E-state index contributed by atoms with van der Waals surface area (Å²) < 4.78 is 1.17. The van der Waals surface area contributed by atoms with E-state index in [1.807, 2.05) is 11.3 Å². The van der Waals surface area contributed by atoms with Crippen molar-refractivity contribution in [1.82, 2.24) is 4.90 Å². The van der Waals surface area contributed by atoms with Crippen LogP contribution in [0.2, 0.25) is 0 Å². The summed E-state index contributed by atoms with van der Waals surface area (Å²) in [6.07, 6.45) is 2.55. The number of nitrogens with two attached hydrogens (primary N) is 1. The molecule has 0 aromatic carbocycles. The first kappa shape index (κ1) is 13.5. The maximum atomic E-state index is 5.96. The summed E-state index contributed by atoms with van der Waals surface area (Å²) >= 11 is 5.33. The molecule has 0 radical (unpaired) electrons. The summed E-state index contributed by atoms with van der Waals surface area (Å²) in [4.78, 5) is 3.93. The van der Waals surface area contributed by atoms with E-state index in [0.29, 0.717) is 18.0 Å². The van der Waals surface area contributed by atoms with Crippen LogP contribution in [0.5, 0.6) is 0 Å². The van der Waals surface area contributed by atoms with Crippen LogP contribution in [0.1, 0.15) is 37.6 Å². The Morgan fingerprint density at radius 1 is 1.47 bits per heavy atom. The molecule has 1 atom stereocenters. The Hall–Kier alpha value is 0.1000. The molecule has 1 aliphatic heterocycles. The van der Waals surface area contributed by atoms with Gasteiger partial charge in [0.2, 0.25) is 0 Å². The van der Waals surface area contributed by atoms with E-state index >= 15 is 0 Å². The lowest BCUT2D eigenvalue weighted by Gasteiger charge is -2.40. The normalized spacial score (nSPS) is 22.6. The lowest BCUT2D eigenvalue weighted by molar-refractivity contribution is 0.0977. The molecule has 2 nitrogen and oxygen atoms in total. The SMILES string of the molecule is CC1(C)CCN(C(CN)c2cc(Br)cs2)CC1. The third-order valence-corrected chi connectivity index (χ3v) is 5.53. The first-order chi connectivity index (χ1) is 8.02. The molecular weight excluding hydrogens is 296 g/mol. The first-order valence-electron chi connectivity index (χ1n) is 6.20. The van der Waals surface area contributed by atoms with Gasteiger partial charge in [0.05, 0.1) is 6.04 Å². The Bertz CT molecular complexity index is 365. The molecule has 1 unspecified atom stereocenters. The Morgan fingerprint density at radius 2 is 2.12 bits per heavy atom. The van der Waals surface area contributed by atoms with Gasteiger partial charge in [0.1, 0.15) is 0 Å². The molecule has 2 N–H and O–H groups in total. The van der Waals surface area contributed by atoms with Gasteiger partial charge >= 0.3 is 0 Å². The lowest BCUT2D eigenvalue weighted by Crippen LogP contribution is -2.41. The molecule has 2 heterocycles. The summed E-state index contributed by atoms with van der Waals surface area (Å²) in [6, 6.07) is 2.62. The molecule has 1 saturated heterocycles. The monoisotopic (exact) mass is 316 g/mol. The van der Waals surface area contributed by atoms with Crippen LogP contribution in [0.4, 0.5) is 0 Å². The largest absolute Gasteiger partial charge is 0.329 e. The molecule has 1 fully saturated rings. The number of hydrogen-bond acceptors (Lipinski definition) is 3. The van der Waals surface area contributed by atoms with Crippen molar-refractivity contribution in [2.45, 2.75) is 32.7 Å². The molecule has 1 aromatic rings. The molecule has 1 aromatic heterocycles. The molecule has 4 heteroatoms. The second-order valence-electron chi connectivity index (χ2n) is 5.62. The molecule has 0 amide bonds. The van der Waals surface area contributed by atoms with Gasteiger partial charge in [-0.25, -0.2) is 0 Å². The van der Waals surface area contributed by atoms with E-state index in [1.165, 1.54) is 35.3 Å². The average Bonchev–Trinajstić information content (AvgIpc) is 2.68. The zero-order chi connectivity index (χ0) is 12.5. The topological polar surface area (TPSA) is 29.3 Å². The number of thiophene rings is 1. The van der Waals surface area contributed by atoms with E-state index in [9.17, 15) is 0 Å². The second kappa shape index (κ2) is 5.39. The minimum atomic E-state index is 0.405. The van der Waals surface area contributed by atoms with Gasteiger partial charge in [-0.05, 0) is 53.3 Å². The van der Waals surface area contributed by atoms with Gasteiger partial charge in [-0.2, -0.15) is 0 Å². The van der Waals surface area contributed by atoms with E-state index in [1.54, 1.807) is 0 Å². The number of hydrogen-bond donors (Lipinski definition) is 1. The van der Waals surface area contributed by atoms with Crippen molar-refractivity contribution >= 4 is 27.3 Å². The Balaban J connectivity index is 2.05. The van der Waals surface area contributed by atoms with Crippen LogP contribution in [-0.2, 0) is 0 Å². The maximum absolute atomic E-state index is 5.96. The third kappa shape index (κ3) is 3.31. The maximum Gasteiger partial charge on any atom is 0.0564 e. The van der Waals surface area contributed by atoms with Gasteiger partial charge in [0.25, 0.3) is 0 Å². The molecule has 17 heavy (non-hydrogen) atoms. The first-order valence-corrected chi connectivity index (χ1v) is 7.87. The van der Waals surface area contributed by atoms with Crippen molar-refractivity contribution in [3.8, 4) is 0 Å². The quantitative estimate of drug-likeness (QED) is 0.922. The van der Waals surface area contributed by atoms with Gasteiger partial charge in [0.15, 0.2) is 0 Å². The standard InChI is InChI=1S/C13H21BrN2S/c1-13(2)3-5-16(6-4-13)11(8-15)12-7-10(14)9-17-12/h7,9,11H,3-6,8,15H2,1-2H3. The summed E-state index contributed by atoms with van der Waals surface area (Å²) in [5, 5.41) is 2.14. The van der Waals surface area contributed by atoms with Gasteiger partial charge < -0.3 is 5.73 Å². The molecule has 2 rings (SSSR count). The van der Waals surface area contributed by atoms with Crippen LogP contribution < -0.4 is 5.73 Å². The predicted octanol–water partition coefficient (Wildman–Crippen LogP) is 3.63. The third-order valence-electron chi connectivity index (χ3n) is 3.73. The molecule has 0 bridgehead atoms. The molecular formula is C13H21BrN2S. The van der Waals surface area contributed by atoms with E-state index in [4.69, 9.17) is 5.73 Å². The average molecular weight is 317 g/mol. The highest BCUT2D eigenvalue weighted by Gasteiger charge is 2.29. The van der Waals surface area contributed by atoms with Gasteiger partial charge in [0, 0.05) is 21.3 Å². The zero-order valence-corrected chi connectivity index (χ0v) is 13.0. The molecule has 1 aliphatic rings. The highest BCUT2D eigenvalue weighted by Crippen LogP contribution is 2.35. The second-order valence-corrected chi connectivity index (χ2v) is 7.48. The molecule has 0 aliphatic carbocycles. The summed E-state index contributed by atoms with van der Waals surface area (Å²) in [6.45, 7) is 7.79. The van der Waals surface area contributed by atoms with Crippen LogP contribution in [0, 0.1) is 5.41 Å². The number of halogens is 1. The van der Waals surface area contributed by atoms with Crippen LogP contribution in [0.15, 0.2) is 15.9 Å². The highest BCUT2D eigenvalue weighted by molar-refractivity contribution is 9.10. The Morgan fingerprint density at radius 3 is 2.59 bits per heavy atom. The lowest BCUT2D eigenvalue weighted by atomic mass is 9.82. The number of piperidine rings is 1. The smallest absolute Gasteiger partial charge is 0.0564 e. The summed E-state index contributed by atoms with van der Waals surface area (Å²) in [5.41, 5.74) is 6.47. The van der Waals surface area contributed by atoms with Crippen molar-refractivity contribution in [3.05, 3.63) is 20.8 Å². The van der Waals surface area contributed by atoms with Crippen LogP contribution in [-0.4, -0.2) is 24.5 Å². The number of rotatable bonds is 3. The van der Waals surface area contributed by atoms with Crippen LogP contribution in [0.3, 0.4) is 0 Å². The molecule has 0 saturated carbocycles. The van der Waals surface area contributed by atoms with Crippen molar-refractivity contribution in [1.29, 1.82) is 0 Å². The van der Waals surface area contributed by atoms with Crippen molar-refractivity contribution < 1.29 is 0 Å². The van der Waals surface area contributed by atoms with E-state index in [2.05, 4.69) is 46.1 Å². The molecule has 96 valence electrons. The number of likely N-dealkylation sites (tertiary alicyclic amines) is 1. The summed E-state index contributed by atoms with van der Waals surface area (Å²) in [7, 11) is 0. The Labute approximate surface area is 116 Å². The predicted molar refractivity (Wildman–Crippen MR) is 78.4 cm³/mol. The molecule has 0 spiro atoms. The van der Waals surface area contributed by atoms with Gasteiger partial charge in [-0.15, -0.1) is 11.3 Å². The Kier molecular flexibility index (Phi) is 4.29. The minimum absolute atomic E-state index is 0.405. The van der Waals surface area contributed by atoms with E-state index < -0.39 is 0 Å². The fraction of sp³-hybridized carbons (Fsp3) is 0.692. The van der Waals surface area contributed by atoms with Crippen molar-refractivity contribution in [2.24, 2.45) is 11.1 Å². The summed E-state index contributed by atoms with van der Waals surface area (Å²) in [5.74, 6) is 0. The number of nitrogens with zero attached hydrogens (tertiary/aromatic N) is 1. The zero-order valence-electron chi connectivity index (χ0n) is 10.6. The fourth-order valence-electron chi connectivity index (χ4n) is 2.39. The van der Waals surface area contributed by atoms with Gasteiger partial charge in [-0.1, -0.05) is 13.8 Å². The van der Waals surface area contributed by atoms with Crippen molar-refractivity contribution in [3.63, 3.8) is 0 Å². The fourth-order valence-corrected chi connectivity index (χ4v) is 3.98. The van der Waals surface area contributed by atoms with E-state index in [0.717, 1.165) is 0 Å². The van der Waals surface area contributed by atoms with E-state index in [-0.39, 0.29) is 0 Å². The van der Waals surface area contributed by atoms with Crippen LogP contribution in [0.25, 0.3) is 0 Å². The van der Waals surface area contributed by atoms with Crippen LogP contribution >= 0.6 is 27.3 Å².